The maximum absolute atomic E-state index is 11.7. The number of carbonyl (C=O) groups is 2. The molecular formula is C26H32O6. The quantitative estimate of drug-likeness (QED) is 0.523. The van der Waals surface area contributed by atoms with Crippen molar-refractivity contribution < 1.29 is 29.3 Å². The molecule has 172 valence electrons. The maximum atomic E-state index is 11.7. The summed E-state index contributed by atoms with van der Waals surface area (Å²) in [4.78, 5) is 21.9. The van der Waals surface area contributed by atoms with Gasteiger partial charge in [0.05, 0.1) is 29.4 Å². The van der Waals surface area contributed by atoms with E-state index in [0.717, 1.165) is 25.7 Å². The number of carboxylic acids is 1. The average Bonchev–Trinajstić information content (AvgIpc) is 3.62. The van der Waals surface area contributed by atoms with Gasteiger partial charge in [-0.2, -0.15) is 0 Å². The summed E-state index contributed by atoms with van der Waals surface area (Å²) in [6.45, 7) is 0. The number of hydrogen-bond acceptors (Lipinski definition) is 5. The smallest absolute Gasteiger partial charge is 0.338 e. The lowest BCUT2D eigenvalue weighted by molar-refractivity contribution is -0.0360. The number of ether oxygens (including phenoxy) is 2. The molecule has 0 aromatic heterocycles. The zero-order chi connectivity index (χ0) is 22.8. The second-order valence-corrected chi connectivity index (χ2v) is 8.33. The molecule has 4 atom stereocenters. The van der Waals surface area contributed by atoms with Crippen LogP contribution in [0.15, 0.2) is 60.7 Å². The van der Waals surface area contributed by atoms with Gasteiger partial charge >= 0.3 is 11.9 Å². The lowest BCUT2D eigenvalue weighted by Crippen LogP contribution is -2.34. The second-order valence-electron chi connectivity index (χ2n) is 8.33. The molecule has 3 fully saturated rings. The number of benzene rings is 2. The first-order valence-electron chi connectivity index (χ1n) is 11.4. The normalized spacial score (nSPS) is 25.5. The Hall–Kier alpha value is -2.70. The lowest BCUT2D eigenvalue weighted by atomic mass is 9.95. The molecule has 2 saturated carbocycles. The molecule has 0 bridgehead atoms. The highest BCUT2D eigenvalue weighted by Gasteiger charge is 2.39. The molecule has 2 aromatic carbocycles. The first-order valence-corrected chi connectivity index (χ1v) is 11.4. The summed E-state index contributed by atoms with van der Waals surface area (Å²) in [6, 6.07) is 17.2. The van der Waals surface area contributed by atoms with Gasteiger partial charge in [0.1, 0.15) is 6.10 Å². The molecule has 3 aliphatic rings. The minimum atomic E-state index is -0.879. The van der Waals surface area contributed by atoms with Crippen molar-refractivity contribution in [2.75, 3.05) is 0 Å². The third-order valence-corrected chi connectivity index (χ3v) is 5.87. The number of aliphatic hydroxyl groups is 1. The summed E-state index contributed by atoms with van der Waals surface area (Å²) in [5.41, 5.74) is 0.873. The van der Waals surface area contributed by atoms with E-state index in [1.807, 2.05) is 6.07 Å². The molecule has 6 nitrogen and oxygen atoms in total. The average molecular weight is 441 g/mol. The van der Waals surface area contributed by atoms with Crippen molar-refractivity contribution in [2.45, 2.75) is 75.8 Å². The Kier molecular flexibility index (Phi) is 9.26. The van der Waals surface area contributed by atoms with Crippen LogP contribution in [0.3, 0.4) is 0 Å². The Morgan fingerprint density at radius 3 is 1.72 bits per heavy atom. The zero-order valence-electron chi connectivity index (χ0n) is 18.3. The van der Waals surface area contributed by atoms with E-state index in [-0.39, 0.29) is 12.1 Å². The number of hydrogen-bond donors (Lipinski definition) is 2. The summed E-state index contributed by atoms with van der Waals surface area (Å²) < 4.78 is 10.6. The largest absolute Gasteiger partial charge is 0.478 e. The number of carbonyl (C=O) groups excluding carboxylic acids is 1. The van der Waals surface area contributed by atoms with Gasteiger partial charge in [0, 0.05) is 0 Å². The van der Waals surface area contributed by atoms with E-state index in [1.165, 1.54) is 25.7 Å². The van der Waals surface area contributed by atoms with Crippen molar-refractivity contribution in [3.05, 3.63) is 71.8 Å². The molecule has 1 saturated heterocycles. The van der Waals surface area contributed by atoms with Crippen LogP contribution in [0.25, 0.3) is 0 Å². The monoisotopic (exact) mass is 440 g/mol. The van der Waals surface area contributed by atoms with Crippen molar-refractivity contribution in [3.8, 4) is 0 Å². The first-order chi connectivity index (χ1) is 15.5. The van der Waals surface area contributed by atoms with Crippen molar-refractivity contribution in [2.24, 2.45) is 0 Å². The second kappa shape index (κ2) is 12.4. The first kappa shape index (κ1) is 24.0. The Morgan fingerprint density at radius 1 is 0.750 bits per heavy atom. The fourth-order valence-corrected chi connectivity index (χ4v) is 3.95. The number of fused-ring (bicyclic) bond motifs is 1. The van der Waals surface area contributed by atoms with Crippen molar-refractivity contribution >= 4 is 11.9 Å². The van der Waals surface area contributed by atoms with Crippen molar-refractivity contribution in [3.63, 3.8) is 0 Å². The zero-order valence-corrected chi connectivity index (χ0v) is 18.3. The molecule has 32 heavy (non-hydrogen) atoms. The number of epoxide rings is 1. The fourth-order valence-electron chi connectivity index (χ4n) is 3.95. The van der Waals surface area contributed by atoms with Gasteiger partial charge in [-0.25, -0.2) is 9.59 Å². The molecule has 1 aliphatic heterocycles. The van der Waals surface area contributed by atoms with Crippen LogP contribution in [0, 0.1) is 0 Å². The van der Waals surface area contributed by atoms with Gasteiger partial charge in [0.15, 0.2) is 0 Å². The van der Waals surface area contributed by atoms with E-state index in [2.05, 4.69) is 0 Å². The van der Waals surface area contributed by atoms with Gasteiger partial charge < -0.3 is 19.7 Å². The van der Waals surface area contributed by atoms with Crippen molar-refractivity contribution in [1.82, 2.24) is 0 Å². The Morgan fingerprint density at radius 2 is 1.25 bits per heavy atom. The summed E-state index contributed by atoms with van der Waals surface area (Å²) in [6.07, 6.45) is 9.58. The summed E-state index contributed by atoms with van der Waals surface area (Å²) in [5, 5.41) is 18.1. The molecule has 2 aliphatic carbocycles. The molecule has 2 N–H and O–H groups in total. The van der Waals surface area contributed by atoms with Gasteiger partial charge in [-0.3, -0.25) is 0 Å². The van der Waals surface area contributed by atoms with Crippen LogP contribution in [0.5, 0.6) is 0 Å². The summed E-state index contributed by atoms with van der Waals surface area (Å²) in [5.74, 6) is -1.22. The fraction of sp³-hybridized carbons (Fsp3) is 0.462. The topological polar surface area (TPSA) is 96.4 Å². The minimum absolute atomic E-state index is 0.331. The molecule has 6 heteroatoms. The number of aromatic carboxylic acids is 1. The molecule has 5 rings (SSSR count). The van der Waals surface area contributed by atoms with Crippen LogP contribution < -0.4 is 0 Å². The Balaban J connectivity index is 0.000000151. The highest BCUT2D eigenvalue weighted by Crippen LogP contribution is 2.35. The molecule has 0 spiro atoms. The van der Waals surface area contributed by atoms with E-state index in [1.54, 1.807) is 54.6 Å². The van der Waals surface area contributed by atoms with E-state index >= 15 is 0 Å². The van der Waals surface area contributed by atoms with Crippen molar-refractivity contribution in [1.29, 1.82) is 0 Å². The number of carboxylic acid groups (broad SMARTS) is 1. The van der Waals surface area contributed by atoms with Crippen LogP contribution in [0.1, 0.15) is 72.1 Å². The van der Waals surface area contributed by atoms with E-state index in [0.29, 0.717) is 23.3 Å². The van der Waals surface area contributed by atoms with Gasteiger partial charge in [0.2, 0.25) is 0 Å². The highest BCUT2D eigenvalue weighted by atomic mass is 16.6. The van der Waals surface area contributed by atoms with Crippen LogP contribution in [0.2, 0.25) is 0 Å². The van der Waals surface area contributed by atoms with E-state index < -0.39 is 12.1 Å². The number of rotatable bonds is 3. The molecular weight excluding hydrogens is 408 g/mol. The SMILES string of the molecule is C1CCC2OC2C1.O=C(O)c1ccccc1.O=C(OC1CCCCC1O)c1ccccc1. The Bertz CT molecular complexity index is 828. The van der Waals surface area contributed by atoms with E-state index in [9.17, 15) is 14.7 Å². The highest BCUT2D eigenvalue weighted by molar-refractivity contribution is 5.89. The van der Waals surface area contributed by atoms with Crippen LogP contribution >= 0.6 is 0 Å². The molecule has 4 unspecified atom stereocenters. The number of aliphatic hydroxyl groups excluding tert-OH is 1. The van der Waals surface area contributed by atoms with Gasteiger partial charge in [-0.1, -0.05) is 55.7 Å². The maximum Gasteiger partial charge on any atom is 0.338 e. The van der Waals surface area contributed by atoms with Gasteiger partial charge in [-0.15, -0.1) is 0 Å². The van der Waals surface area contributed by atoms with E-state index in [4.69, 9.17) is 14.6 Å². The predicted molar refractivity (Wildman–Crippen MR) is 121 cm³/mol. The molecule has 1 heterocycles. The predicted octanol–water partition coefficient (Wildman–Crippen LogP) is 4.86. The minimum Gasteiger partial charge on any atom is -0.478 e. The van der Waals surface area contributed by atoms with Crippen LogP contribution in [-0.4, -0.2) is 46.6 Å². The molecule has 0 radical (unpaired) electrons. The third kappa shape index (κ3) is 7.77. The van der Waals surface area contributed by atoms with Crippen LogP contribution in [0.4, 0.5) is 0 Å². The third-order valence-electron chi connectivity index (χ3n) is 5.87. The standard InChI is InChI=1S/C13H16O3.C7H6O2.C6H10O/c14-11-8-4-5-9-12(11)16-13(15)10-6-2-1-3-7-10;8-7(9)6-4-2-1-3-5-6;1-2-4-6-5(3-1)7-6/h1-3,6-7,11-12,14H,4-5,8-9H2;1-5H,(H,8,9);5-6H,1-4H2. The number of esters is 1. The summed E-state index contributed by atoms with van der Waals surface area (Å²) in [7, 11) is 0. The molecule has 2 aromatic rings. The van der Waals surface area contributed by atoms with Crippen LogP contribution in [-0.2, 0) is 9.47 Å². The lowest BCUT2D eigenvalue weighted by Gasteiger charge is -2.27. The Labute approximate surface area is 189 Å². The summed E-state index contributed by atoms with van der Waals surface area (Å²) >= 11 is 0. The van der Waals surface area contributed by atoms with Gasteiger partial charge in [0.25, 0.3) is 0 Å². The van der Waals surface area contributed by atoms with Gasteiger partial charge in [-0.05, 0) is 56.4 Å². The molecule has 0 amide bonds.